The fourth-order valence-electron chi connectivity index (χ4n) is 3.13. The molecule has 0 saturated heterocycles. The van der Waals surface area contributed by atoms with Crippen LogP contribution in [0.15, 0.2) is 18.2 Å². The summed E-state index contributed by atoms with van der Waals surface area (Å²) in [6, 6.07) is 3.49. The molecule has 21 heavy (non-hydrogen) atoms. The summed E-state index contributed by atoms with van der Waals surface area (Å²) in [5.41, 5.74) is 6.76. The third-order valence-corrected chi connectivity index (χ3v) is 4.33. The van der Waals surface area contributed by atoms with E-state index in [1.807, 2.05) is 11.6 Å². The average Bonchev–Trinajstić information content (AvgIpc) is 2.77. The van der Waals surface area contributed by atoms with Crippen molar-refractivity contribution in [2.75, 3.05) is 5.73 Å². The average molecular weight is 291 g/mol. The molecule has 0 atom stereocenters. The fourth-order valence-corrected chi connectivity index (χ4v) is 3.13. The zero-order valence-electron chi connectivity index (χ0n) is 12.1. The summed E-state index contributed by atoms with van der Waals surface area (Å²) < 4.78 is 28.8. The Bertz CT molecular complexity index is 658. The molecular formula is C16H19F2N3. The number of nitrogen functional groups attached to an aromatic ring is 1. The molecule has 0 radical (unpaired) electrons. The molecule has 2 aromatic rings. The normalized spacial score (nSPS) is 16.3. The van der Waals surface area contributed by atoms with Gasteiger partial charge in [0.05, 0.1) is 0 Å². The zero-order chi connectivity index (χ0) is 15.0. The van der Waals surface area contributed by atoms with Crippen molar-refractivity contribution in [3.8, 4) is 11.3 Å². The highest BCUT2D eigenvalue weighted by molar-refractivity contribution is 5.71. The van der Waals surface area contributed by atoms with Gasteiger partial charge in [-0.2, -0.15) is 0 Å². The molecule has 0 aliphatic heterocycles. The Morgan fingerprint density at radius 3 is 2.57 bits per heavy atom. The maximum absolute atomic E-state index is 14.0. The Morgan fingerprint density at radius 2 is 1.90 bits per heavy atom. The van der Waals surface area contributed by atoms with Crippen molar-refractivity contribution >= 4 is 5.82 Å². The van der Waals surface area contributed by atoms with Crippen molar-refractivity contribution in [1.29, 1.82) is 0 Å². The smallest absolute Gasteiger partial charge is 0.135 e. The minimum atomic E-state index is -0.630. The number of halogens is 2. The van der Waals surface area contributed by atoms with Crippen LogP contribution < -0.4 is 5.73 Å². The van der Waals surface area contributed by atoms with Crippen molar-refractivity contribution < 1.29 is 8.78 Å². The van der Waals surface area contributed by atoms with Crippen LogP contribution in [0.2, 0.25) is 0 Å². The standard InChI is InChI=1S/C16H19F2N3/c1-21-15(19)14(12-8-7-11(17)9-13(12)18)20-16(21)10-5-3-2-4-6-10/h7-10H,2-6,19H2,1H3. The second kappa shape index (κ2) is 5.47. The summed E-state index contributed by atoms with van der Waals surface area (Å²) in [6.45, 7) is 0. The summed E-state index contributed by atoms with van der Waals surface area (Å²) in [5.74, 6) is 0.489. The predicted molar refractivity (Wildman–Crippen MR) is 78.8 cm³/mol. The maximum atomic E-state index is 14.0. The first-order valence-corrected chi connectivity index (χ1v) is 7.35. The van der Waals surface area contributed by atoms with Crippen LogP contribution in [0.1, 0.15) is 43.8 Å². The number of hydrogen-bond acceptors (Lipinski definition) is 2. The van der Waals surface area contributed by atoms with E-state index in [1.54, 1.807) is 0 Å². The van der Waals surface area contributed by atoms with E-state index < -0.39 is 11.6 Å². The predicted octanol–water partition coefficient (Wildman–Crippen LogP) is 4.00. The lowest BCUT2D eigenvalue weighted by molar-refractivity contribution is 0.422. The lowest BCUT2D eigenvalue weighted by Crippen LogP contribution is -2.11. The molecule has 1 aromatic heterocycles. The number of nitrogens with two attached hydrogens (primary N) is 1. The van der Waals surface area contributed by atoms with Crippen LogP contribution in [-0.4, -0.2) is 9.55 Å². The van der Waals surface area contributed by atoms with Gasteiger partial charge in [0.25, 0.3) is 0 Å². The van der Waals surface area contributed by atoms with Gasteiger partial charge in [0.15, 0.2) is 0 Å². The molecule has 2 N–H and O–H groups in total. The number of rotatable bonds is 2. The van der Waals surface area contributed by atoms with E-state index in [-0.39, 0.29) is 5.56 Å². The Labute approximate surface area is 122 Å². The van der Waals surface area contributed by atoms with Crippen LogP contribution in [0.5, 0.6) is 0 Å². The van der Waals surface area contributed by atoms with Crippen molar-refractivity contribution in [2.45, 2.75) is 38.0 Å². The van der Waals surface area contributed by atoms with Crippen molar-refractivity contribution in [2.24, 2.45) is 7.05 Å². The number of nitrogens with zero attached hydrogens (tertiary/aromatic N) is 2. The SMILES string of the molecule is Cn1c(C2CCCCC2)nc(-c2ccc(F)cc2F)c1N. The summed E-state index contributed by atoms with van der Waals surface area (Å²) in [4.78, 5) is 4.57. The van der Waals surface area contributed by atoms with Crippen LogP contribution >= 0.6 is 0 Å². The summed E-state index contributed by atoms with van der Waals surface area (Å²) in [5, 5.41) is 0. The monoisotopic (exact) mass is 291 g/mol. The van der Waals surface area contributed by atoms with Gasteiger partial charge in [-0.3, -0.25) is 0 Å². The third-order valence-electron chi connectivity index (χ3n) is 4.33. The van der Waals surface area contributed by atoms with Gasteiger partial charge in [0.1, 0.15) is 29.0 Å². The van der Waals surface area contributed by atoms with E-state index in [2.05, 4.69) is 4.98 Å². The topological polar surface area (TPSA) is 43.8 Å². The molecule has 1 aliphatic carbocycles. The summed E-state index contributed by atoms with van der Waals surface area (Å²) >= 11 is 0. The highest BCUT2D eigenvalue weighted by Crippen LogP contribution is 2.36. The van der Waals surface area contributed by atoms with E-state index in [4.69, 9.17) is 5.73 Å². The van der Waals surface area contributed by atoms with Gasteiger partial charge in [-0.15, -0.1) is 0 Å². The molecule has 1 aliphatic rings. The van der Waals surface area contributed by atoms with E-state index in [9.17, 15) is 8.78 Å². The van der Waals surface area contributed by atoms with Crippen LogP contribution in [0.3, 0.4) is 0 Å². The largest absolute Gasteiger partial charge is 0.383 e. The van der Waals surface area contributed by atoms with Gasteiger partial charge in [0.2, 0.25) is 0 Å². The minimum absolute atomic E-state index is 0.256. The number of hydrogen-bond donors (Lipinski definition) is 1. The van der Waals surface area contributed by atoms with Crippen LogP contribution in [-0.2, 0) is 7.05 Å². The minimum Gasteiger partial charge on any atom is -0.383 e. The maximum Gasteiger partial charge on any atom is 0.135 e. The number of aromatic nitrogens is 2. The molecule has 1 aromatic carbocycles. The van der Waals surface area contributed by atoms with Gasteiger partial charge in [-0.05, 0) is 25.0 Å². The molecule has 112 valence electrons. The third kappa shape index (κ3) is 2.52. The lowest BCUT2D eigenvalue weighted by atomic mass is 9.89. The van der Waals surface area contributed by atoms with Crippen LogP contribution in [0.25, 0.3) is 11.3 Å². The molecule has 1 fully saturated rings. The summed E-state index contributed by atoms with van der Waals surface area (Å²) in [7, 11) is 1.86. The van der Waals surface area contributed by atoms with Crippen LogP contribution in [0.4, 0.5) is 14.6 Å². The first kappa shape index (κ1) is 14.0. The highest BCUT2D eigenvalue weighted by Gasteiger charge is 2.24. The highest BCUT2D eigenvalue weighted by atomic mass is 19.1. The van der Waals surface area contributed by atoms with E-state index >= 15 is 0 Å². The number of imidazole rings is 1. The van der Waals surface area contributed by atoms with E-state index in [0.717, 1.165) is 24.7 Å². The number of anilines is 1. The quantitative estimate of drug-likeness (QED) is 0.909. The van der Waals surface area contributed by atoms with Crippen molar-refractivity contribution in [3.05, 3.63) is 35.7 Å². The van der Waals surface area contributed by atoms with Crippen molar-refractivity contribution in [3.63, 3.8) is 0 Å². The first-order chi connectivity index (χ1) is 10.1. The van der Waals surface area contributed by atoms with Crippen molar-refractivity contribution in [1.82, 2.24) is 9.55 Å². The molecule has 0 bridgehead atoms. The van der Waals surface area contributed by atoms with Gasteiger partial charge in [-0.1, -0.05) is 19.3 Å². The summed E-state index contributed by atoms with van der Waals surface area (Å²) in [6.07, 6.45) is 5.83. The second-order valence-corrected chi connectivity index (χ2v) is 5.72. The zero-order valence-corrected chi connectivity index (χ0v) is 12.1. The molecular weight excluding hydrogens is 272 g/mol. The second-order valence-electron chi connectivity index (χ2n) is 5.72. The fraction of sp³-hybridized carbons (Fsp3) is 0.438. The Hall–Kier alpha value is -1.91. The molecule has 0 spiro atoms. The molecule has 1 heterocycles. The Balaban J connectivity index is 2.03. The van der Waals surface area contributed by atoms with Gasteiger partial charge in [-0.25, -0.2) is 13.8 Å². The Morgan fingerprint density at radius 1 is 1.19 bits per heavy atom. The molecule has 0 unspecified atom stereocenters. The Kier molecular flexibility index (Phi) is 3.66. The molecule has 1 saturated carbocycles. The first-order valence-electron chi connectivity index (χ1n) is 7.35. The number of benzene rings is 1. The molecule has 3 nitrogen and oxygen atoms in total. The van der Waals surface area contributed by atoms with E-state index in [1.165, 1.54) is 31.4 Å². The van der Waals surface area contributed by atoms with Gasteiger partial charge in [0, 0.05) is 24.6 Å². The lowest BCUT2D eigenvalue weighted by Gasteiger charge is -2.21. The van der Waals surface area contributed by atoms with E-state index in [0.29, 0.717) is 17.4 Å². The van der Waals surface area contributed by atoms with Crippen LogP contribution in [0, 0.1) is 11.6 Å². The van der Waals surface area contributed by atoms with Gasteiger partial charge >= 0.3 is 0 Å². The molecule has 5 heteroatoms. The van der Waals surface area contributed by atoms with Gasteiger partial charge < -0.3 is 10.3 Å². The molecule has 0 amide bonds. The molecule has 3 rings (SSSR count).